The van der Waals surface area contributed by atoms with Gasteiger partial charge in [-0.05, 0) is 20.3 Å². The zero-order valence-electron chi connectivity index (χ0n) is 10.8. The number of hydrogen-bond acceptors (Lipinski definition) is 4. The van der Waals surface area contributed by atoms with E-state index in [-0.39, 0.29) is 6.29 Å². The van der Waals surface area contributed by atoms with Crippen LogP contribution < -0.4 is 0 Å². The smallest absolute Gasteiger partial charge is 0.170 e. The van der Waals surface area contributed by atoms with Crippen LogP contribution in [-0.4, -0.2) is 55.0 Å². The van der Waals surface area contributed by atoms with E-state index in [1.165, 1.54) is 18.7 Å². The summed E-state index contributed by atoms with van der Waals surface area (Å²) in [6.07, 6.45) is 1.21. The van der Waals surface area contributed by atoms with E-state index in [9.17, 15) is 0 Å². The fraction of sp³-hybridized carbons (Fsp3) is 1.00. The predicted molar refractivity (Wildman–Crippen MR) is 70.0 cm³/mol. The largest absolute Gasteiger partial charge is 0.352 e. The fourth-order valence-corrected chi connectivity index (χ4v) is 3.18. The molecule has 1 saturated heterocycles. The molecule has 0 N–H and O–H groups in total. The molecule has 0 bridgehead atoms. The van der Waals surface area contributed by atoms with Crippen LogP contribution in [0.1, 0.15) is 27.2 Å². The van der Waals surface area contributed by atoms with Crippen LogP contribution in [0.2, 0.25) is 0 Å². The van der Waals surface area contributed by atoms with E-state index in [0.717, 1.165) is 31.6 Å². The summed E-state index contributed by atoms with van der Waals surface area (Å²) in [6, 6.07) is 0. The second kappa shape index (κ2) is 8.34. The first kappa shape index (κ1) is 14.3. The number of hydrogen-bond donors (Lipinski definition) is 0. The summed E-state index contributed by atoms with van der Waals surface area (Å²) in [7, 11) is 0. The van der Waals surface area contributed by atoms with Crippen molar-refractivity contribution in [2.45, 2.75) is 38.7 Å². The normalized spacial score (nSPS) is 22.9. The van der Waals surface area contributed by atoms with Gasteiger partial charge in [0.2, 0.25) is 0 Å². The molecule has 1 heterocycles. The summed E-state index contributed by atoms with van der Waals surface area (Å²) >= 11 is 2.10. The average molecular weight is 247 g/mol. The fourth-order valence-electron chi connectivity index (χ4n) is 1.93. The van der Waals surface area contributed by atoms with Gasteiger partial charge in [-0.15, -0.1) is 0 Å². The molecule has 4 heteroatoms. The standard InChI is InChI=1S/C12H25NO2S/c1-4-11-9-13(7-8-16-11)10-12(14-5-2)15-6-3/h11-12H,4-10H2,1-3H3. The van der Waals surface area contributed by atoms with E-state index < -0.39 is 0 Å². The molecule has 0 aliphatic carbocycles. The van der Waals surface area contributed by atoms with Gasteiger partial charge in [-0.2, -0.15) is 11.8 Å². The Morgan fingerprint density at radius 1 is 1.25 bits per heavy atom. The first-order chi connectivity index (χ1) is 7.80. The predicted octanol–water partition coefficient (Wildman–Crippen LogP) is 2.21. The lowest BCUT2D eigenvalue weighted by molar-refractivity contribution is -0.146. The SMILES string of the molecule is CCOC(CN1CCSC(CC)C1)OCC. The van der Waals surface area contributed by atoms with Gasteiger partial charge in [0.05, 0.1) is 0 Å². The van der Waals surface area contributed by atoms with E-state index >= 15 is 0 Å². The lowest BCUT2D eigenvalue weighted by atomic mass is 10.3. The van der Waals surface area contributed by atoms with Crippen LogP contribution in [0, 0.1) is 0 Å². The second-order valence-corrected chi connectivity index (χ2v) is 5.41. The van der Waals surface area contributed by atoms with E-state index in [1.807, 2.05) is 13.8 Å². The van der Waals surface area contributed by atoms with E-state index in [2.05, 4.69) is 23.6 Å². The monoisotopic (exact) mass is 247 g/mol. The van der Waals surface area contributed by atoms with Crippen LogP contribution in [-0.2, 0) is 9.47 Å². The van der Waals surface area contributed by atoms with Crippen LogP contribution in [0.5, 0.6) is 0 Å². The molecule has 0 aromatic heterocycles. The van der Waals surface area contributed by atoms with Gasteiger partial charge < -0.3 is 9.47 Å². The molecule has 0 amide bonds. The highest BCUT2D eigenvalue weighted by molar-refractivity contribution is 8.00. The molecule has 1 aliphatic heterocycles. The number of thioether (sulfide) groups is 1. The minimum Gasteiger partial charge on any atom is -0.352 e. The molecule has 1 atom stereocenters. The average Bonchev–Trinajstić information content (AvgIpc) is 2.30. The van der Waals surface area contributed by atoms with Crippen molar-refractivity contribution in [3.63, 3.8) is 0 Å². The van der Waals surface area contributed by atoms with Crippen molar-refractivity contribution < 1.29 is 9.47 Å². The molecule has 0 spiro atoms. The summed E-state index contributed by atoms with van der Waals surface area (Å²) in [5.74, 6) is 1.24. The molecule has 0 radical (unpaired) electrons. The Kier molecular flexibility index (Phi) is 7.45. The third kappa shape index (κ3) is 5.04. The van der Waals surface area contributed by atoms with Gasteiger partial charge in [0.15, 0.2) is 6.29 Å². The number of ether oxygens (including phenoxy) is 2. The lowest BCUT2D eigenvalue weighted by Gasteiger charge is -2.33. The molecule has 96 valence electrons. The topological polar surface area (TPSA) is 21.7 Å². The van der Waals surface area contributed by atoms with Gasteiger partial charge in [-0.25, -0.2) is 0 Å². The van der Waals surface area contributed by atoms with Crippen molar-refractivity contribution in [3.05, 3.63) is 0 Å². The minimum atomic E-state index is -0.0457. The molecule has 0 aromatic rings. The molecule has 3 nitrogen and oxygen atoms in total. The Morgan fingerprint density at radius 3 is 2.50 bits per heavy atom. The Labute approximate surface area is 104 Å². The maximum atomic E-state index is 5.58. The number of nitrogens with zero attached hydrogens (tertiary/aromatic N) is 1. The Hall–Kier alpha value is 0.230. The third-order valence-electron chi connectivity index (χ3n) is 2.79. The highest BCUT2D eigenvalue weighted by Crippen LogP contribution is 2.21. The van der Waals surface area contributed by atoms with Gasteiger partial charge in [0, 0.05) is 43.9 Å². The van der Waals surface area contributed by atoms with Gasteiger partial charge in [-0.3, -0.25) is 4.90 Å². The highest BCUT2D eigenvalue weighted by atomic mass is 32.2. The van der Waals surface area contributed by atoms with Crippen molar-refractivity contribution in [1.82, 2.24) is 4.90 Å². The van der Waals surface area contributed by atoms with Crippen molar-refractivity contribution in [2.75, 3.05) is 38.6 Å². The van der Waals surface area contributed by atoms with Crippen LogP contribution in [0.4, 0.5) is 0 Å². The summed E-state index contributed by atoms with van der Waals surface area (Å²) in [4.78, 5) is 2.47. The van der Waals surface area contributed by atoms with E-state index in [4.69, 9.17) is 9.47 Å². The summed E-state index contributed by atoms with van der Waals surface area (Å²) in [5, 5.41) is 0.789. The highest BCUT2D eigenvalue weighted by Gasteiger charge is 2.21. The quantitative estimate of drug-likeness (QED) is 0.643. The third-order valence-corrected chi connectivity index (χ3v) is 4.16. The van der Waals surface area contributed by atoms with Crippen molar-refractivity contribution in [3.8, 4) is 0 Å². The minimum absolute atomic E-state index is 0.0457. The zero-order chi connectivity index (χ0) is 11.8. The van der Waals surface area contributed by atoms with Crippen molar-refractivity contribution >= 4 is 11.8 Å². The molecular weight excluding hydrogens is 222 g/mol. The molecule has 1 unspecified atom stereocenters. The molecule has 0 aromatic carbocycles. The molecular formula is C12H25NO2S. The summed E-state index contributed by atoms with van der Waals surface area (Å²) < 4.78 is 11.2. The first-order valence-electron chi connectivity index (χ1n) is 6.37. The summed E-state index contributed by atoms with van der Waals surface area (Å²) in [5.41, 5.74) is 0. The van der Waals surface area contributed by atoms with Crippen LogP contribution in [0.25, 0.3) is 0 Å². The Balaban J connectivity index is 2.31. The van der Waals surface area contributed by atoms with Gasteiger partial charge >= 0.3 is 0 Å². The Bertz CT molecular complexity index is 174. The first-order valence-corrected chi connectivity index (χ1v) is 7.42. The van der Waals surface area contributed by atoms with Gasteiger partial charge in [0.1, 0.15) is 0 Å². The van der Waals surface area contributed by atoms with E-state index in [0.29, 0.717) is 0 Å². The molecule has 1 rings (SSSR count). The van der Waals surface area contributed by atoms with E-state index in [1.54, 1.807) is 0 Å². The lowest BCUT2D eigenvalue weighted by Crippen LogP contribution is -2.43. The zero-order valence-corrected chi connectivity index (χ0v) is 11.6. The molecule has 1 aliphatic rings. The van der Waals surface area contributed by atoms with Crippen LogP contribution >= 0.6 is 11.8 Å². The maximum absolute atomic E-state index is 5.58. The van der Waals surface area contributed by atoms with Crippen LogP contribution in [0.15, 0.2) is 0 Å². The van der Waals surface area contributed by atoms with Crippen LogP contribution in [0.3, 0.4) is 0 Å². The van der Waals surface area contributed by atoms with Crippen molar-refractivity contribution in [1.29, 1.82) is 0 Å². The number of rotatable bonds is 7. The maximum Gasteiger partial charge on any atom is 0.170 e. The van der Waals surface area contributed by atoms with Gasteiger partial charge in [-0.1, -0.05) is 6.92 Å². The molecule has 0 saturated carbocycles. The summed E-state index contributed by atoms with van der Waals surface area (Å²) in [6.45, 7) is 11.0. The molecule has 16 heavy (non-hydrogen) atoms. The van der Waals surface area contributed by atoms with Crippen molar-refractivity contribution in [2.24, 2.45) is 0 Å². The van der Waals surface area contributed by atoms with Gasteiger partial charge in [0.25, 0.3) is 0 Å². The molecule has 1 fully saturated rings. The Morgan fingerprint density at radius 2 is 1.94 bits per heavy atom. The second-order valence-electron chi connectivity index (χ2n) is 4.00.